The third kappa shape index (κ3) is 5.72. The van der Waals surface area contributed by atoms with E-state index in [1.807, 2.05) is 121 Å². The Kier molecular flexibility index (Phi) is 6.49. The molecule has 0 aliphatic heterocycles. The monoisotopic (exact) mass is 461 g/mol. The molecule has 0 aromatic heterocycles. The van der Waals surface area contributed by atoms with Crippen molar-refractivity contribution >= 4 is 5.69 Å². The second-order valence-electron chi connectivity index (χ2n) is 7.66. The molecule has 5 aromatic carbocycles. The molecule has 0 saturated carbocycles. The van der Waals surface area contributed by atoms with Crippen molar-refractivity contribution in [3.05, 3.63) is 127 Å². The summed E-state index contributed by atoms with van der Waals surface area (Å²) in [4.78, 5) is 0. The lowest BCUT2D eigenvalue weighted by Gasteiger charge is -2.13. The lowest BCUT2D eigenvalue weighted by Crippen LogP contribution is -1.92. The number of ether oxygens (including phenoxy) is 4. The highest BCUT2D eigenvalue weighted by Gasteiger charge is 2.09. The highest BCUT2D eigenvalue weighted by atomic mass is 16.5. The lowest BCUT2D eigenvalue weighted by atomic mass is 10.3. The van der Waals surface area contributed by atoms with Crippen LogP contribution in [0.25, 0.3) is 0 Å². The van der Waals surface area contributed by atoms with Crippen LogP contribution in [0.5, 0.6) is 46.0 Å². The Labute approximate surface area is 203 Å². The number of hydrogen-bond donors (Lipinski definition) is 1. The molecule has 0 fully saturated rings. The minimum Gasteiger partial charge on any atom is -0.457 e. The number of nitrogen functional groups attached to an aromatic ring is 1. The molecule has 0 aliphatic carbocycles. The van der Waals surface area contributed by atoms with Gasteiger partial charge in [0, 0.05) is 12.1 Å². The smallest absolute Gasteiger partial charge is 0.169 e. The Bertz CT molecular complexity index is 1420. The summed E-state index contributed by atoms with van der Waals surface area (Å²) in [6.45, 7) is 0. The van der Waals surface area contributed by atoms with Gasteiger partial charge in [-0.2, -0.15) is 0 Å². The van der Waals surface area contributed by atoms with Crippen LogP contribution in [0.4, 0.5) is 5.69 Å². The van der Waals surface area contributed by atoms with Gasteiger partial charge in [-0.15, -0.1) is 0 Å². The van der Waals surface area contributed by atoms with E-state index in [1.165, 1.54) is 0 Å². The number of benzene rings is 5. The van der Waals surface area contributed by atoms with Gasteiger partial charge in [-0.05, 0) is 60.7 Å². The lowest BCUT2D eigenvalue weighted by molar-refractivity contribution is 0.415. The van der Waals surface area contributed by atoms with Crippen LogP contribution >= 0.6 is 0 Å². The summed E-state index contributed by atoms with van der Waals surface area (Å²) in [5, 5.41) is 0. The summed E-state index contributed by atoms with van der Waals surface area (Å²) in [5.74, 6) is 5.05. The molecule has 0 unspecified atom stereocenters. The van der Waals surface area contributed by atoms with Gasteiger partial charge in [-0.25, -0.2) is 0 Å². The average Bonchev–Trinajstić information content (AvgIpc) is 2.88. The molecule has 5 heteroatoms. The third-order valence-electron chi connectivity index (χ3n) is 5.04. The van der Waals surface area contributed by atoms with E-state index in [-0.39, 0.29) is 0 Å². The molecule has 5 rings (SSSR count). The SMILES string of the molecule is Nc1ccccc1Oc1cccc(Oc2cccc(Oc3ccccc3Oc3ccccc3)c2)c1. The van der Waals surface area contributed by atoms with Crippen molar-refractivity contribution in [2.75, 3.05) is 5.73 Å². The standard InChI is InChI=1S/C30H23NO4/c31-27-16-4-5-17-28(27)34-25-14-8-12-23(20-25)32-24-13-9-15-26(21-24)35-30-19-7-6-18-29(30)33-22-10-2-1-3-11-22/h1-21H,31H2. The van der Waals surface area contributed by atoms with Crippen LogP contribution in [0.3, 0.4) is 0 Å². The quantitative estimate of drug-likeness (QED) is 0.235. The van der Waals surface area contributed by atoms with E-state index in [1.54, 1.807) is 6.07 Å². The highest BCUT2D eigenvalue weighted by Crippen LogP contribution is 2.36. The first kappa shape index (κ1) is 21.9. The van der Waals surface area contributed by atoms with Crippen molar-refractivity contribution in [2.45, 2.75) is 0 Å². The summed E-state index contributed by atoms with van der Waals surface area (Å²) < 4.78 is 24.1. The zero-order chi connectivity index (χ0) is 23.9. The molecular weight excluding hydrogens is 438 g/mol. The predicted octanol–water partition coefficient (Wildman–Crippen LogP) is 8.44. The summed E-state index contributed by atoms with van der Waals surface area (Å²) in [6, 6.07) is 39.3. The van der Waals surface area contributed by atoms with Gasteiger partial charge < -0.3 is 24.7 Å². The van der Waals surface area contributed by atoms with E-state index in [9.17, 15) is 0 Å². The molecule has 0 spiro atoms. The number of nitrogens with two attached hydrogens (primary N) is 1. The molecule has 0 amide bonds. The Morgan fingerprint density at radius 2 is 0.743 bits per heavy atom. The van der Waals surface area contributed by atoms with Gasteiger partial charge in [0.15, 0.2) is 11.5 Å². The maximum absolute atomic E-state index is 6.13. The van der Waals surface area contributed by atoms with Crippen LogP contribution in [0.15, 0.2) is 127 Å². The maximum Gasteiger partial charge on any atom is 0.169 e. The summed E-state index contributed by atoms with van der Waals surface area (Å²) in [5.41, 5.74) is 6.55. The van der Waals surface area contributed by atoms with Crippen LogP contribution in [-0.2, 0) is 0 Å². The highest BCUT2D eigenvalue weighted by molar-refractivity contribution is 5.54. The first-order chi connectivity index (χ1) is 17.2. The van der Waals surface area contributed by atoms with Gasteiger partial charge in [0.25, 0.3) is 0 Å². The zero-order valence-corrected chi connectivity index (χ0v) is 18.8. The second kappa shape index (κ2) is 10.4. The number of para-hydroxylation sites is 5. The number of hydrogen-bond acceptors (Lipinski definition) is 5. The minimum absolute atomic E-state index is 0.570. The van der Waals surface area contributed by atoms with Crippen molar-refractivity contribution < 1.29 is 18.9 Å². The Balaban J connectivity index is 1.31. The van der Waals surface area contributed by atoms with Gasteiger partial charge in [0.1, 0.15) is 34.5 Å². The van der Waals surface area contributed by atoms with E-state index in [2.05, 4.69) is 0 Å². The fourth-order valence-corrected chi connectivity index (χ4v) is 3.40. The van der Waals surface area contributed by atoms with Crippen LogP contribution in [-0.4, -0.2) is 0 Å². The van der Waals surface area contributed by atoms with Gasteiger partial charge in [-0.3, -0.25) is 0 Å². The Morgan fingerprint density at radius 1 is 0.343 bits per heavy atom. The first-order valence-corrected chi connectivity index (χ1v) is 11.1. The van der Waals surface area contributed by atoms with Crippen LogP contribution < -0.4 is 24.7 Å². The number of rotatable bonds is 8. The topological polar surface area (TPSA) is 62.9 Å². The largest absolute Gasteiger partial charge is 0.457 e. The van der Waals surface area contributed by atoms with E-state index in [0.717, 1.165) is 5.75 Å². The molecule has 0 radical (unpaired) electrons. The molecule has 0 atom stereocenters. The van der Waals surface area contributed by atoms with Crippen LogP contribution in [0, 0.1) is 0 Å². The minimum atomic E-state index is 0.570. The van der Waals surface area contributed by atoms with Gasteiger partial charge in [0.2, 0.25) is 0 Å². The van der Waals surface area contributed by atoms with Gasteiger partial charge in [-0.1, -0.05) is 54.6 Å². The maximum atomic E-state index is 6.13. The molecule has 0 bridgehead atoms. The van der Waals surface area contributed by atoms with Crippen molar-refractivity contribution in [1.82, 2.24) is 0 Å². The van der Waals surface area contributed by atoms with Gasteiger partial charge in [0.05, 0.1) is 5.69 Å². The molecule has 172 valence electrons. The van der Waals surface area contributed by atoms with Crippen molar-refractivity contribution in [3.63, 3.8) is 0 Å². The molecular formula is C30H23NO4. The molecule has 0 heterocycles. The predicted molar refractivity (Wildman–Crippen MR) is 137 cm³/mol. The zero-order valence-electron chi connectivity index (χ0n) is 18.8. The summed E-state index contributed by atoms with van der Waals surface area (Å²) >= 11 is 0. The Morgan fingerprint density at radius 3 is 1.31 bits per heavy atom. The molecule has 5 nitrogen and oxygen atoms in total. The fourth-order valence-electron chi connectivity index (χ4n) is 3.40. The normalized spacial score (nSPS) is 10.4. The number of anilines is 1. The van der Waals surface area contributed by atoms with Crippen LogP contribution in [0.1, 0.15) is 0 Å². The molecule has 0 saturated heterocycles. The fraction of sp³-hybridized carbons (Fsp3) is 0. The first-order valence-electron chi connectivity index (χ1n) is 11.1. The van der Waals surface area contributed by atoms with E-state index >= 15 is 0 Å². The summed E-state index contributed by atoms with van der Waals surface area (Å²) in [7, 11) is 0. The van der Waals surface area contributed by atoms with Crippen LogP contribution in [0.2, 0.25) is 0 Å². The summed E-state index contributed by atoms with van der Waals surface area (Å²) in [6.07, 6.45) is 0. The van der Waals surface area contributed by atoms with Gasteiger partial charge >= 0.3 is 0 Å². The van der Waals surface area contributed by atoms with Crippen molar-refractivity contribution in [3.8, 4) is 46.0 Å². The Hall–Kier alpha value is -4.90. The van der Waals surface area contributed by atoms with E-state index < -0.39 is 0 Å². The molecule has 5 aromatic rings. The van der Waals surface area contributed by atoms with Crippen molar-refractivity contribution in [2.24, 2.45) is 0 Å². The molecule has 35 heavy (non-hydrogen) atoms. The van der Waals surface area contributed by atoms with E-state index in [4.69, 9.17) is 24.7 Å². The van der Waals surface area contributed by atoms with Crippen molar-refractivity contribution in [1.29, 1.82) is 0 Å². The molecule has 2 N–H and O–H groups in total. The average molecular weight is 462 g/mol. The molecule has 0 aliphatic rings. The van der Waals surface area contributed by atoms with E-state index in [0.29, 0.717) is 45.9 Å². The second-order valence-corrected chi connectivity index (χ2v) is 7.66. The third-order valence-corrected chi connectivity index (χ3v) is 5.04.